The lowest BCUT2D eigenvalue weighted by Crippen LogP contribution is -2.05. The average Bonchev–Trinajstić information content (AvgIpc) is 2.48. The molecule has 3 rings (SSSR count). The van der Waals surface area contributed by atoms with Gasteiger partial charge in [-0.05, 0) is 36.2 Å². The van der Waals surface area contributed by atoms with Gasteiger partial charge in [-0.15, -0.1) is 0 Å². The Morgan fingerprint density at radius 2 is 1.80 bits per heavy atom. The Morgan fingerprint density at radius 3 is 2.50 bits per heavy atom. The fourth-order valence-corrected chi connectivity index (χ4v) is 2.40. The molecule has 0 atom stereocenters. The Hall–Kier alpha value is -2.55. The van der Waals surface area contributed by atoms with Gasteiger partial charge in [0.25, 0.3) is 0 Å². The van der Waals surface area contributed by atoms with E-state index in [1.165, 1.54) is 0 Å². The first kappa shape index (κ1) is 12.5. The highest BCUT2D eigenvalue weighted by molar-refractivity contribution is 5.87. The predicted octanol–water partition coefficient (Wildman–Crippen LogP) is 3.78. The molecule has 0 aliphatic heterocycles. The molecule has 0 fully saturated rings. The summed E-state index contributed by atoms with van der Waals surface area (Å²) in [5.74, 6) is 0.744. The molecule has 3 heteroatoms. The van der Waals surface area contributed by atoms with Crippen LogP contribution >= 0.6 is 0 Å². The van der Waals surface area contributed by atoms with Crippen molar-refractivity contribution in [3.8, 4) is 16.9 Å². The van der Waals surface area contributed by atoms with Crippen molar-refractivity contribution >= 4 is 11.0 Å². The normalized spacial score (nSPS) is 10.7. The third-order valence-electron chi connectivity index (χ3n) is 3.43. The summed E-state index contributed by atoms with van der Waals surface area (Å²) in [4.78, 5) is 12.2. The molecule has 2 aromatic carbocycles. The molecule has 20 heavy (non-hydrogen) atoms. The molecule has 3 nitrogen and oxygen atoms in total. The number of benzene rings is 2. The highest BCUT2D eigenvalue weighted by Gasteiger charge is 2.13. The van der Waals surface area contributed by atoms with Crippen molar-refractivity contribution in [2.75, 3.05) is 7.11 Å². The van der Waals surface area contributed by atoms with E-state index in [9.17, 15) is 4.79 Å². The number of hydrogen-bond donors (Lipinski definition) is 0. The summed E-state index contributed by atoms with van der Waals surface area (Å²) >= 11 is 0. The fraction of sp³-hybridized carbons (Fsp3) is 0.118. The van der Waals surface area contributed by atoms with Gasteiger partial charge < -0.3 is 9.15 Å². The molecular formula is C17H14O3. The maximum Gasteiger partial charge on any atom is 0.344 e. The first-order valence-electron chi connectivity index (χ1n) is 6.37. The minimum atomic E-state index is -0.314. The summed E-state index contributed by atoms with van der Waals surface area (Å²) in [7, 11) is 1.62. The highest BCUT2D eigenvalue weighted by Crippen LogP contribution is 2.28. The third kappa shape index (κ3) is 1.97. The molecule has 0 unspecified atom stereocenters. The summed E-state index contributed by atoms with van der Waals surface area (Å²) in [6.45, 7) is 1.93. The summed E-state index contributed by atoms with van der Waals surface area (Å²) < 4.78 is 10.6. The Balaban J connectivity index is 2.36. The zero-order valence-electron chi connectivity index (χ0n) is 11.3. The molecule has 0 bridgehead atoms. The van der Waals surface area contributed by atoms with Crippen LogP contribution in [0.25, 0.3) is 22.1 Å². The van der Waals surface area contributed by atoms with Crippen molar-refractivity contribution in [3.63, 3.8) is 0 Å². The van der Waals surface area contributed by atoms with Crippen LogP contribution in [-0.2, 0) is 0 Å². The molecule has 0 saturated carbocycles. The second kappa shape index (κ2) is 4.85. The van der Waals surface area contributed by atoms with Crippen molar-refractivity contribution in [3.05, 3.63) is 64.5 Å². The molecule has 1 aromatic heterocycles. The van der Waals surface area contributed by atoms with Crippen LogP contribution in [0.2, 0.25) is 0 Å². The van der Waals surface area contributed by atoms with Gasteiger partial charge in [-0.2, -0.15) is 0 Å². The van der Waals surface area contributed by atoms with E-state index in [0.717, 1.165) is 22.3 Å². The summed E-state index contributed by atoms with van der Waals surface area (Å²) in [6.07, 6.45) is 0. The van der Waals surface area contributed by atoms with Gasteiger partial charge in [0.15, 0.2) is 0 Å². The Bertz CT molecular complexity index is 817. The zero-order valence-corrected chi connectivity index (χ0v) is 11.3. The van der Waals surface area contributed by atoms with Crippen LogP contribution in [0.5, 0.6) is 5.75 Å². The number of ether oxygens (including phenoxy) is 1. The second-order valence-corrected chi connectivity index (χ2v) is 4.62. The molecule has 100 valence electrons. The number of fused-ring (bicyclic) bond motifs is 1. The van der Waals surface area contributed by atoms with Crippen molar-refractivity contribution in [1.29, 1.82) is 0 Å². The van der Waals surface area contributed by atoms with Gasteiger partial charge in [0.05, 0.1) is 12.7 Å². The largest absolute Gasteiger partial charge is 0.497 e. The van der Waals surface area contributed by atoms with Gasteiger partial charge in [-0.25, -0.2) is 4.79 Å². The van der Waals surface area contributed by atoms with Crippen molar-refractivity contribution < 1.29 is 9.15 Å². The summed E-state index contributed by atoms with van der Waals surface area (Å²) in [5.41, 5.74) is 2.63. The molecular weight excluding hydrogens is 252 g/mol. The monoisotopic (exact) mass is 266 g/mol. The standard InChI is InChI=1S/C17H14O3/c1-11-14-10-13(19-2)8-9-15(14)20-17(18)16(11)12-6-4-3-5-7-12/h3-10H,1-2H3. The number of methoxy groups -OCH3 is 1. The predicted molar refractivity (Wildman–Crippen MR) is 79.2 cm³/mol. The van der Waals surface area contributed by atoms with Crippen LogP contribution < -0.4 is 10.4 Å². The van der Waals surface area contributed by atoms with E-state index in [1.807, 2.05) is 43.3 Å². The number of hydrogen-bond acceptors (Lipinski definition) is 3. The van der Waals surface area contributed by atoms with E-state index < -0.39 is 0 Å². The quantitative estimate of drug-likeness (QED) is 0.663. The van der Waals surface area contributed by atoms with E-state index in [1.54, 1.807) is 19.2 Å². The second-order valence-electron chi connectivity index (χ2n) is 4.62. The van der Waals surface area contributed by atoms with Crippen LogP contribution in [0.4, 0.5) is 0 Å². The summed E-state index contributed by atoms with van der Waals surface area (Å²) in [6, 6.07) is 15.0. The van der Waals surface area contributed by atoms with Crippen molar-refractivity contribution in [2.45, 2.75) is 6.92 Å². The van der Waals surface area contributed by atoms with Crippen LogP contribution in [0, 0.1) is 6.92 Å². The van der Waals surface area contributed by atoms with Gasteiger partial charge in [-0.3, -0.25) is 0 Å². The lowest BCUT2D eigenvalue weighted by Gasteiger charge is -2.09. The van der Waals surface area contributed by atoms with Gasteiger partial charge in [-0.1, -0.05) is 30.3 Å². The molecule has 0 radical (unpaired) electrons. The smallest absolute Gasteiger partial charge is 0.344 e. The Kier molecular flexibility index (Phi) is 3.03. The van der Waals surface area contributed by atoms with Crippen molar-refractivity contribution in [2.24, 2.45) is 0 Å². The van der Waals surface area contributed by atoms with Crippen molar-refractivity contribution in [1.82, 2.24) is 0 Å². The number of rotatable bonds is 2. The maximum atomic E-state index is 12.2. The lowest BCUT2D eigenvalue weighted by atomic mass is 9.99. The van der Waals surface area contributed by atoms with E-state index >= 15 is 0 Å². The SMILES string of the molecule is COc1ccc2oc(=O)c(-c3ccccc3)c(C)c2c1. The molecule has 0 N–H and O–H groups in total. The summed E-state index contributed by atoms with van der Waals surface area (Å²) in [5, 5.41) is 0.891. The fourth-order valence-electron chi connectivity index (χ4n) is 2.40. The molecule has 0 saturated heterocycles. The van der Waals surface area contributed by atoms with Crippen LogP contribution in [-0.4, -0.2) is 7.11 Å². The van der Waals surface area contributed by atoms with E-state index in [0.29, 0.717) is 11.1 Å². The zero-order chi connectivity index (χ0) is 14.1. The van der Waals surface area contributed by atoms with Crippen LogP contribution in [0.15, 0.2) is 57.7 Å². The first-order valence-corrected chi connectivity index (χ1v) is 6.37. The third-order valence-corrected chi connectivity index (χ3v) is 3.43. The Morgan fingerprint density at radius 1 is 1.05 bits per heavy atom. The van der Waals surface area contributed by atoms with Crippen LogP contribution in [0.3, 0.4) is 0 Å². The topological polar surface area (TPSA) is 39.4 Å². The van der Waals surface area contributed by atoms with Gasteiger partial charge in [0.1, 0.15) is 11.3 Å². The minimum Gasteiger partial charge on any atom is -0.497 e. The van der Waals surface area contributed by atoms with E-state index in [-0.39, 0.29) is 5.63 Å². The maximum absolute atomic E-state index is 12.2. The molecule has 0 aliphatic rings. The lowest BCUT2D eigenvalue weighted by molar-refractivity contribution is 0.415. The molecule has 0 spiro atoms. The first-order chi connectivity index (χ1) is 9.70. The van der Waals surface area contributed by atoms with Gasteiger partial charge in [0, 0.05) is 5.39 Å². The Labute approximate surface area is 116 Å². The van der Waals surface area contributed by atoms with Gasteiger partial charge >= 0.3 is 5.63 Å². The number of aryl methyl sites for hydroxylation is 1. The van der Waals surface area contributed by atoms with E-state index in [2.05, 4.69) is 0 Å². The van der Waals surface area contributed by atoms with Crippen LogP contribution in [0.1, 0.15) is 5.56 Å². The molecule has 0 aliphatic carbocycles. The highest BCUT2D eigenvalue weighted by atomic mass is 16.5. The molecule has 3 aromatic rings. The molecule has 0 amide bonds. The molecule has 1 heterocycles. The average molecular weight is 266 g/mol. The van der Waals surface area contributed by atoms with E-state index in [4.69, 9.17) is 9.15 Å². The van der Waals surface area contributed by atoms with Gasteiger partial charge in [0.2, 0.25) is 0 Å². The minimum absolute atomic E-state index is 0.314.